The van der Waals surface area contributed by atoms with Gasteiger partial charge in [-0.05, 0) is 18.7 Å². The van der Waals surface area contributed by atoms with Crippen LogP contribution in [-0.2, 0) is 11.3 Å². The summed E-state index contributed by atoms with van der Waals surface area (Å²) in [5.74, 6) is 0.00163. The standard InChI is InChI=1S/C12H17ClN2O/c1-9(7-14-2)12(16)15-8-10-5-3-4-6-11(10)13/h3-6,9,14H,7-8H2,1-2H3,(H,15,16). The Morgan fingerprint density at radius 1 is 1.44 bits per heavy atom. The average molecular weight is 241 g/mol. The summed E-state index contributed by atoms with van der Waals surface area (Å²) in [4.78, 5) is 11.6. The predicted octanol–water partition coefficient (Wildman–Crippen LogP) is 1.81. The Bertz CT molecular complexity index is 355. The molecule has 0 saturated carbocycles. The minimum Gasteiger partial charge on any atom is -0.352 e. The third-order valence-corrected chi connectivity index (χ3v) is 2.74. The van der Waals surface area contributed by atoms with Crippen LogP contribution >= 0.6 is 11.6 Å². The third kappa shape index (κ3) is 3.83. The van der Waals surface area contributed by atoms with Crippen molar-refractivity contribution in [3.05, 3.63) is 34.9 Å². The second-order valence-corrected chi connectivity index (χ2v) is 4.18. The second-order valence-electron chi connectivity index (χ2n) is 3.77. The lowest BCUT2D eigenvalue weighted by molar-refractivity contribution is -0.124. The molecule has 0 radical (unpaired) electrons. The van der Waals surface area contributed by atoms with E-state index in [2.05, 4.69) is 10.6 Å². The Morgan fingerprint density at radius 2 is 2.12 bits per heavy atom. The number of carbonyl (C=O) groups excluding carboxylic acids is 1. The number of benzene rings is 1. The maximum absolute atomic E-state index is 11.6. The van der Waals surface area contributed by atoms with E-state index in [-0.39, 0.29) is 11.8 Å². The molecule has 1 aromatic rings. The smallest absolute Gasteiger partial charge is 0.224 e. The highest BCUT2D eigenvalue weighted by atomic mass is 35.5. The molecule has 0 bridgehead atoms. The van der Waals surface area contributed by atoms with Crippen LogP contribution in [0.4, 0.5) is 0 Å². The van der Waals surface area contributed by atoms with E-state index in [1.807, 2.05) is 38.2 Å². The van der Waals surface area contributed by atoms with Crippen LogP contribution in [0.1, 0.15) is 12.5 Å². The van der Waals surface area contributed by atoms with Crippen molar-refractivity contribution in [3.63, 3.8) is 0 Å². The van der Waals surface area contributed by atoms with Crippen LogP contribution in [0.15, 0.2) is 24.3 Å². The van der Waals surface area contributed by atoms with Crippen LogP contribution in [0.25, 0.3) is 0 Å². The molecule has 2 N–H and O–H groups in total. The lowest BCUT2D eigenvalue weighted by Gasteiger charge is -2.12. The van der Waals surface area contributed by atoms with Crippen LogP contribution < -0.4 is 10.6 Å². The van der Waals surface area contributed by atoms with Gasteiger partial charge in [0.2, 0.25) is 5.91 Å². The molecular formula is C12H17ClN2O. The van der Waals surface area contributed by atoms with Crippen molar-refractivity contribution in [2.45, 2.75) is 13.5 Å². The van der Waals surface area contributed by atoms with Gasteiger partial charge in [0.05, 0.1) is 0 Å². The molecular weight excluding hydrogens is 224 g/mol. The van der Waals surface area contributed by atoms with Crippen LogP contribution in [0.3, 0.4) is 0 Å². The van der Waals surface area contributed by atoms with E-state index in [4.69, 9.17) is 11.6 Å². The van der Waals surface area contributed by atoms with Gasteiger partial charge in [0.15, 0.2) is 0 Å². The summed E-state index contributed by atoms with van der Waals surface area (Å²) in [6.45, 7) is 3.04. The zero-order chi connectivity index (χ0) is 12.0. The van der Waals surface area contributed by atoms with Crippen molar-refractivity contribution < 1.29 is 4.79 Å². The third-order valence-electron chi connectivity index (χ3n) is 2.37. The summed E-state index contributed by atoms with van der Waals surface area (Å²) < 4.78 is 0. The Balaban J connectivity index is 2.46. The van der Waals surface area contributed by atoms with E-state index in [1.54, 1.807) is 0 Å². The van der Waals surface area contributed by atoms with Crippen molar-refractivity contribution in [1.29, 1.82) is 0 Å². The molecule has 3 nitrogen and oxygen atoms in total. The lowest BCUT2D eigenvalue weighted by Crippen LogP contribution is -2.33. The van der Waals surface area contributed by atoms with Gasteiger partial charge < -0.3 is 10.6 Å². The molecule has 4 heteroatoms. The van der Waals surface area contributed by atoms with Crippen molar-refractivity contribution in [2.24, 2.45) is 5.92 Å². The quantitative estimate of drug-likeness (QED) is 0.824. The molecule has 0 heterocycles. The number of nitrogens with one attached hydrogen (secondary N) is 2. The summed E-state index contributed by atoms with van der Waals surface area (Å²) >= 11 is 5.98. The van der Waals surface area contributed by atoms with Gasteiger partial charge in [-0.15, -0.1) is 0 Å². The zero-order valence-corrected chi connectivity index (χ0v) is 10.3. The maximum atomic E-state index is 11.6. The average Bonchev–Trinajstić information content (AvgIpc) is 2.28. The molecule has 1 unspecified atom stereocenters. The Kier molecular flexibility index (Phi) is 5.29. The molecule has 0 aromatic heterocycles. The van der Waals surface area contributed by atoms with Gasteiger partial charge in [-0.1, -0.05) is 36.7 Å². The molecule has 1 atom stereocenters. The molecule has 0 aliphatic heterocycles. The first-order valence-corrected chi connectivity index (χ1v) is 5.68. The zero-order valence-electron chi connectivity index (χ0n) is 9.59. The number of amides is 1. The van der Waals surface area contributed by atoms with E-state index in [0.717, 1.165) is 5.56 Å². The van der Waals surface area contributed by atoms with Crippen LogP contribution in [-0.4, -0.2) is 19.5 Å². The molecule has 1 amide bonds. The van der Waals surface area contributed by atoms with Gasteiger partial charge in [0, 0.05) is 24.0 Å². The van der Waals surface area contributed by atoms with Gasteiger partial charge in [-0.3, -0.25) is 4.79 Å². The maximum Gasteiger partial charge on any atom is 0.224 e. The fraction of sp³-hybridized carbons (Fsp3) is 0.417. The van der Waals surface area contributed by atoms with Gasteiger partial charge in [0.1, 0.15) is 0 Å². The van der Waals surface area contributed by atoms with E-state index >= 15 is 0 Å². The minimum atomic E-state index is -0.0347. The minimum absolute atomic E-state index is 0.0347. The van der Waals surface area contributed by atoms with Crippen molar-refractivity contribution in [1.82, 2.24) is 10.6 Å². The molecule has 88 valence electrons. The first kappa shape index (κ1) is 13.0. The molecule has 0 spiro atoms. The van der Waals surface area contributed by atoms with Crippen LogP contribution in [0, 0.1) is 5.92 Å². The Morgan fingerprint density at radius 3 is 2.75 bits per heavy atom. The van der Waals surface area contributed by atoms with E-state index in [9.17, 15) is 4.79 Å². The lowest BCUT2D eigenvalue weighted by atomic mass is 10.1. The number of carbonyl (C=O) groups is 1. The number of rotatable bonds is 5. The summed E-state index contributed by atoms with van der Waals surface area (Å²) in [5, 5.41) is 6.52. The first-order valence-electron chi connectivity index (χ1n) is 5.31. The fourth-order valence-corrected chi connectivity index (χ4v) is 1.60. The predicted molar refractivity (Wildman–Crippen MR) is 66.4 cm³/mol. The molecule has 16 heavy (non-hydrogen) atoms. The SMILES string of the molecule is CNCC(C)C(=O)NCc1ccccc1Cl. The number of hydrogen-bond donors (Lipinski definition) is 2. The molecule has 0 fully saturated rings. The number of hydrogen-bond acceptors (Lipinski definition) is 2. The molecule has 1 aromatic carbocycles. The van der Waals surface area contributed by atoms with Gasteiger partial charge in [-0.2, -0.15) is 0 Å². The summed E-state index contributed by atoms with van der Waals surface area (Å²) in [7, 11) is 1.83. The van der Waals surface area contributed by atoms with Crippen molar-refractivity contribution in [2.75, 3.05) is 13.6 Å². The van der Waals surface area contributed by atoms with Crippen molar-refractivity contribution >= 4 is 17.5 Å². The summed E-state index contributed by atoms with van der Waals surface area (Å²) in [6.07, 6.45) is 0. The van der Waals surface area contributed by atoms with Gasteiger partial charge >= 0.3 is 0 Å². The Labute approximate surface area is 101 Å². The molecule has 0 aliphatic rings. The molecule has 0 saturated heterocycles. The van der Waals surface area contributed by atoms with Crippen LogP contribution in [0.2, 0.25) is 5.02 Å². The van der Waals surface area contributed by atoms with Crippen LogP contribution in [0.5, 0.6) is 0 Å². The monoisotopic (exact) mass is 240 g/mol. The molecule has 1 rings (SSSR count). The largest absolute Gasteiger partial charge is 0.352 e. The fourth-order valence-electron chi connectivity index (χ4n) is 1.40. The topological polar surface area (TPSA) is 41.1 Å². The summed E-state index contributed by atoms with van der Waals surface area (Å²) in [5.41, 5.74) is 0.939. The summed E-state index contributed by atoms with van der Waals surface area (Å²) in [6, 6.07) is 7.51. The first-order chi connectivity index (χ1) is 7.65. The van der Waals surface area contributed by atoms with Gasteiger partial charge in [0.25, 0.3) is 0 Å². The number of halogens is 1. The van der Waals surface area contributed by atoms with Gasteiger partial charge in [-0.25, -0.2) is 0 Å². The van der Waals surface area contributed by atoms with E-state index < -0.39 is 0 Å². The van der Waals surface area contributed by atoms with E-state index in [0.29, 0.717) is 18.1 Å². The highest BCUT2D eigenvalue weighted by molar-refractivity contribution is 6.31. The highest BCUT2D eigenvalue weighted by Crippen LogP contribution is 2.14. The molecule has 0 aliphatic carbocycles. The Hall–Kier alpha value is -1.06. The van der Waals surface area contributed by atoms with E-state index in [1.165, 1.54) is 0 Å². The highest BCUT2D eigenvalue weighted by Gasteiger charge is 2.11. The van der Waals surface area contributed by atoms with Crippen molar-refractivity contribution in [3.8, 4) is 0 Å². The second kappa shape index (κ2) is 6.51. The normalized spacial score (nSPS) is 12.2.